The summed E-state index contributed by atoms with van der Waals surface area (Å²) in [6.45, 7) is -0.121. The maximum Gasteiger partial charge on any atom is 0.331 e. The largest absolute Gasteiger partial charge is 0.452 e. The number of carbonyl (C=O) groups is 2. The minimum Gasteiger partial charge on any atom is -0.452 e. The lowest BCUT2D eigenvalue weighted by atomic mass is 10.2. The summed E-state index contributed by atoms with van der Waals surface area (Å²) in [6.07, 6.45) is 4.90. The smallest absolute Gasteiger partial charge is 0.331 e. The first kappa shape index (κ1) is 18.7. The van der Waals surface area contributed by atoms with Gasteiger partial charge in [0.25, 0.3) is 5.91 Å². The fourth-order valence-corrected chi connectivity index (χ4v) is 2.33. The van der Waals surface area contributed by atoms with E-state index in [1.807, 2.05) is 30.5 Å². The summed E-state index contributed by atoms with van der Waals surface area (Å²) in [5.74, 6) is -1.35. The molecular weight excluding hydrogens is 341 g/mol. The fraction of sp³-hybridized carbons (Fsp3) is 0.158. The zero-order chi connectivity index (χ0) is 18.1. The number of hydrogen-bond donors (Lipinski definition) is 1. The molecule has 0 aliphatic heterocycles. The molecule has 25 heavy (non-hydrogen) atoms. The topological polar surface area (TPSA) is 55.4 Å². The second-order valence-electron chi connectivity index (χ2n) is 5.12. The third-order valence-corrected chi connectivity index (χ3v) is 4.02. The van der Waals surface area contributed by atoms with E-state index in [1.165, 1.54) is 18.2 Å². The molecule has 0 bridgehead atoms. The van der Waals surface area contributed by atoms with Gasteiger partial charge in [-0.05, 0) is 47.7 Å². The van der Waals surface area contributed by atoms with Gasteiger partial charge in [-0.3, -0.25) is 4.79 Å². The number of nitrogens with one attached hydrogen (secondary N) is 1. The maximum absolute atomic E-state index is 12.8. The average molecular weight is 359 g/mol. The molecule has 0 saturated heterocycles. The Morgan fingerprint density at radius 2 is 1.80 bits per heavy atom. The second kappa shape index (κ2) is 9.64. The molecule has 0 spiro atoms. The van der Waals surface area contributed by atoms with Crippen LogP contribution in [0, 0.1) is 5.82 Å². The highest BCUT2D eigenvalue weighted by atomic mass is 32.2. The van der Waals surface area contributed by atoms with Crippen molar-refractivity contribution in [1.82, 2.24) is 5.32 Å². The van der Waals surface area contributed by atoms with Crippen LogP contribution in [0.2, 0.25) is 0 Å². The van der Waals surface area contributed by atoms with E-state index in [9.17, 15) is 14.0 Å². The first-order valence-corrected chi connectivity index (χ1v) is 8.79. The molecule has 2 aromatic rings. The highest BCUT2D eigenvalue weighted by Gasteiger charge is 2.05. The Bertz CT molecular complexity index is 742. The lowest BCUT2D eigenvalue weighted by molar-refractivity contribution is -0.143. The van der Waals surface area contributed by atoms with E-state index in [0.29, 0.717) is 0 Å². The first-order valence-electron chi connectivity index (χ1n) is 7.57. The molecule has 0 unspecified atom stereocenters. The Morgan fingerprint density at radius 1 is 1.12 bits per heavy atom. The molecule has 1 N–H and O–H groups in total. The van der Waals surface area contributed by atoms with Crippen molar-refractivity contribution >= 4 is 29.7 Å². The first-order chi connectivity index (χ1) is 12.1. The van der Waals surface area contributed by atoms with Crippen LogP contribution in [0.4, 0.5) is 4.39 Å². The maximum atomic E-state index is 12.8. The van der Waals surface area contributed by atoms with E-state index in [0.717, 1.165) is 16.0 Å². The van der Waals surface area contributed by atoms with Crippen LogP contribution in [-0.2, 0) is 20.9 Å². The molecule has 0 atom stereocenters. The zero-order valence-corrected chi connectivity index (χ0v) is 14.5. The summed E-state index contributed by atoms with van der Waals surface area (Å²) in [4.78, 5) is 24.4. The monoisotopic (exact) mass is 359 g/mol. The number of amides is 1. The van der Waals surface area contributed by atoms with Gasteiger partial charge in [0.15, 0.2) is 6.61 Å². The minimum atomic E-state index is -0.592. The Morgan fingerprint density at radius 3 is 2.44 bits per heavy atom. The average Bonchev–Trinajstić information content (AvgIpc) is 2.64. The van der Waals surface area contributed by atoms with Crippen LogP contribution in [0.5, 0.6) is 0 Å². The quantitative estimate of drug-likeness (QED) is 0.468. The van der Waals surface area contributed by atoms with E-state index in [4.69, 9.17) is 4.74 Å². The van der Waals surface area contributed by atoms with Crippen molar-refractivity contribution in [2.24, 2.45) is 0 Å². The van der Waals surface area contributed by atoms with Gasteiger partial charge in [0.2, 0.25) is 0 Å². The van der Waals surface area contributed by atoms with Gasteiger partial charge in [0.1, 0.15) is 5.82 Å². The number of halogens is 1. The van der Waals surface area contributed by atoms with Crippen molar-refractivity contribution in [3.8, 4) is 0 Å². The van der Waals surface area contributed by atoms with Crippen molar-refractivity contribution in [2.45, 2.75) is 11.4 Å². The zero-order valence-electron chi connectivity index (χ0n) is 13.7. The number of esters is 1. The predicted octanol–water partition coefficient (Wildman–Crippen LogP) is 3.42. The van der Waals surface area contributed by atoms with Gasteiger partial charge in [-0.1, -0.05) is 24.3 Å². The van der Waals surface area contributed by atoms with E-state index in [-0.39, 0.29) is 19.0 Å². The molecule has 0 heterocycles. The SMILES string of the molecule is CSc1ccc(/C=C/C(=O)OCC(=O)NCc2ccc(F)cc2)cc1. The van der Waals surface area contributed by atoms with Gasteiger partial charge >= 0.3 is 5.97 Å². The van der Waals surface area contributed by atoms with Gasteiger partial charge in [-0.25, -0.2) is 9.18 Å². The molecular formula is C19H18FNO3S. The summed E-state index contributed by atoms with van der Waals surface area (Å²) >= 11 is 1.64. The molecule has 0 fully saturated rings. The summed E-state index contributed by atoms with van der Waals surface area (Å²) in [5.41, 5.74) is 1.63. The predicted molar refractivity (Wildman–Crippen MR) is 96.5 cm³/mol. The van der Waals surface area contributed by atoms with Gasteiger partial charge in [0, 0.05) is 17.5 Å². The second-order valence-corrected chi connectivity index (χ2v) is 6.00. The minimum absolute atomic E-state index is 0.244. The number of ether oxygens (including phenoxy) is 1. The number of rotatable bonds is 7. The van der Waals surface area contributed by atoms with Crippen molar-refractivity contribution < 1.29 is 18.7 Å². The molecule has 4 nitrogen and oxygen atoms in total. The molecule has 0 saturated carbocycles. The number of carbonyl (C=O) groups excluding carboxylic acids is 2. The van der Waals surface area contributed by atoms with Gasteiger partial charge in [-0.2, -0.15) is 0 Å². The summed E-state index contributed by atoms with van der Waals surface area (Å²) in [5, 5.41) is 2.60. The van der Waals surface area contributed by atoms with Crippen LogP contribution in [0.15, 0.2) is 59.5 Å². The van der Waals surface area contributed by atoms with Crippen LogP contribution in [0.1, 0.15) is 11.1 Å². The van der Waals surface area contributed by atoms with Crippen LogP contribution in [0.25, 0.3) is 6.08 Å². The molecule has 6 heteroatoms. The summed E-state index contributed by atoms with van der Waals surface area (Å²) in [7, 11) is 0. The third kappa shape index (κ3) is 6.81. The van der Waals surface area contributed by atoms with Crippen LogP contribution in [-0.4, -0.2) is 24.7 Å². The lowest BCUT2D eigenvalue weighted by Gasteiger charge is -2.05. The molecule has 0 aromatic heterocycles. The van der Waals surface area contributed by atoms with E-state index < -0.39 is 11.9 Å². The Labute approximate surface area is 150 Å². The van der Waals surface area contributed by atoms with Gasteiger partial charge in [0.05, 0.1) is 0 Å². The molecule has 130 valence electrons. The Kier molecular flexibility index (Phi) is 7.22. The highest BCUT2D eigenvalue weighted by molar-refractivity contribution is 7.98. The summed E-state index contributed by atoms with van der Waals surface area (Å²) < 4.78 is 17.7. The molecule has 2 rings (SSSR count). The van der Waals surface area contributed by atoms with Crippen molar-refractivity contribution in [2.75, 3.05) is 12.9 Å². The Hall–Kier alpha value is -2.60. The van der Waals surface area contributed by atoms with Crippen molar-refractivity contribution in [3.05, 3.63) is 71.6 Å². The fourth-order valence-electron chi connectivity index (χ4n) is 1.92. The van der Waals surface area contributed by atoms with Crippen molar-refractivity contribution in [3.63, 3.8) is 0 Å². The standard InChI is InChI=1S/C19H18FNO3S/c1-25-17-9-4-14(5-10-17)6-11-19(23)24-13-18(22)21-12-15-2-7-16(20)8-3-15/h2-11H,12-13H2,1H3,(H,21,22)/b11-6+. The molecule has 1 amide bonds. The van der Waals surface area contributed by atoms with Crippen LogP contribution >= 0.6 is 11.8 Å². The van der Waals surface area contributed by atoms with Crippen LogP contribution in [0.3, 0.4) is 0 Å². The van der Waals surface area contributed by atoms with Gasteiger partial charge < -0.3 is 10.1 Å². The molecule has 2 aromatic carbocycles. The van der Waals surface area contributed by atoms with Crippen LogP contribution < -0.4 is 5.32 Å². The van der Waals surface area contributed by atoms with Crippen molar-refractivity contribution in [1.29, 1.82) is 0 Å². The molecule has 0 aliphatic rings. The third-order valence-electron chi connectivity index (χ3n) is 3.28. The summed E-state index contributed by atoms with van der Waals surface area (Å²) in [6, 6.07) is 13.5. The number of thioether (sulfide) groups is 1. The Balaban J connectivity index is 1.72. The van der Waals surface area contributed by atoms with E-state index in [2.05, 4.69) is 5.32 Å². The normalized spacial score (nSPS) is 10.6. The lowest BCUT2D eigenvalue weighted by Crippen LogP contribution is -2.28. The van der Waals surface area contributed by atoms with E-state index >= 15 is 0 Å². The van der Waals surface area contributed by atoms with E-state index in [1.54, 1.807) is 30.0 Å². The highest BCUT2D eigenvalue weighted by Crippen LogP contribution is 2.15. The number of hydrogen-bond acceptors (Lipinski definition) is 4. The molecule has 0 aliphatic carbocycles. The molecule has 0 radical (unpaired) electrons. The van der Waals surface area contributed by atoms with Gasteiger partial charge in [-0.15, -0.1) is 11.8 Å². The number of benzene rings is 2.